The number of H-pyrrole nitrogens is 1. The molecule has 32 heavy (non-hydrogen) atoms. The monoisotopic (exact) mass is 431 g/mol. The van der Waals surface area contributed by atoms with Crippen LogP contribution in [0.4, 0.5) is 11.6 Å². The second-order valence-electron chi connectivity index (χ2n) is 9.57. The molecule has 7 heteroatoms. The van der Waals surface area contributed by atoms with Gasteiger partial charge in [-0.25, -0.2) is 4.98 Å². The van der Waals surface area contributed by atoms with E-state index in [1.807, 2.05) is 40.1 Å². The first-order chi connectivity index (χ1) is 15.4. The molecular weight excluding hydrogens is 402 g/mol. The molecule has 0 bridgehead atoms. The number of fused-ring (bicyclic) bond motifs is 1. The van der Waals surface area contributed by atoms with Gasteiger partial charge in [0.1, 0.15) is 0 Å². The quantitative estimate of drug-likeness (QED) is 0.690. The summed E-state index contributed by atoms with van der Waals surface area (Å²) in [6, 6.07) is 15.4. The highest BCUT2D eigenvalue weighted by Gasteiger charge is 2.29. The Kier molecular flexibility index (Phi) is 5.12. The van der Waals surface area contributed by atoms with E-state index in [0.29, 0.717) is 48.4 Å². The fourth-order valence-electron chi connectivity index (χ4n) is 4.68. The number of anilines is 2. The summed E-state index contributed by atoms with van der Waals surface area (Å²) in [6.07, 6.45) is 1.19. The van der Waals surface area contributed by atoms with Gasteiger partial charge in [0.05, 0.1) is 10.9 Å². The van der Waals surface area contributed by atoms with Crippen LogP contribution in [-0.4, -0.2) is 60.0 Å². The summed E-state index contributed by atoms with van der Waals surface area (Å²) in [5.41, 5.74) is 2.80. The van der Waals surface area contributed by atoms with E-state index in [1.165, 1.54) is 12.1 Å². The van der Waals surface area contributed by atoms with Gasteiger partial charge in [0.25, 0.3) is 11.5 Å². The third-order valence-electron chi connectivity index (χ3n) is 6.62. The number of nitrogens with zero attached hydrogens (tertiary/aromatic N) is 4. The van der Waals surface area contributed by atoms with Crippen LogP contribution in [0.3, 0.4) is 0 Å². The number of aromatic amines is 1. The third kappa shape index (κ3) is 3.95. The summed E-state index contributed by atoms with van der Waals surface area (Å²) < 4.78 is 0. The Labute approximate surface area is 187 Å². The number of benzene rings is 2. The lowest BCUT2D eigenvalue weighted by Gasteiger charge is -2.35. The van der Waals surface area contributed by atoms with E-state index in [4.69, 9.17) is 0 Å². The van der Waals surface area contributed by atoms with Crippen LogP contribution in [0.5, 0.6) is 0 Å². The van der Waals surface area contributed by atoms with E-state index < -0.39 is 0 Å². The van der Waals surface area contributed by atoms with E-state index in [-0.39, 0.29) is 11.5 Å². The van der Waals surface area contributed by atoms with E-state index in [9.17, 15) is 9.59 Å². The summed E-state index contributed by atoms with van der Waals surface area (Å²) in [5.74, 6) is 0.622. The lowest BCUT2D eigenvalue weighted by atomic mass is 9.93. The van der Waals surface area contributed by atoms with Gasteiger partial charge < -0.3 is 14.7 Å². The molecule has 0 unspecified atom stereocenters. The van der Waals surface area contributed by atoms with Gasteiger partial charge in [-0.15, -0.1) is 0 Å². The van der Waals surface area contributed by atoms with Crippen molar-refractivity contribution in [2.45, 2.75) is 20.3 Å². The number of nitrogens with one attached hydrogen (secondary N) is 1. The van der Waals surface area contributed by atoms with E-state index in [1.54, 1.807) is 6.07 Å². The van der Waals surface area contributed by atoms with E-state index in [0.717, 1.165) is 18.7 Å². The number of piperazine rings is 1. The first-order valence-electron chi connectivity index (χ1n) is 11.3. The Morgan fingerprint density at radius 1 is 0.938 bits per heavy atom. The molecule has 2 aliphatic heterocycles. The minimum Gasteiger partial charge on any atom is -0.371 e. The first-order valence-corrected chi connectivity index (χ1v) is 11.3. The second kappa shape index (κ2) is 7.97. The van der Waals surface area contributed by atoms with Crippen LogP contribution in [-0.2, 0) is 0 Å². The van der Waals surface area contributed by atoms with Crippen molar-refractivity contribution in [2.24, 2.45) is 5.41 Å². The average molecular weight is 432 g/mol. The van der Waals surface area contributed by atoms with Crippen LogP contribution < -0.4 is 15.4 Å². The smallest absolute Gasteiger partial charge is 0.260 e. The zero-order chi connectivity index (χ0) is 22.3. The van der Waals surface area contributed by atoms with Crippen molar-refractivity contribution in [3.63, 3.8) is 0 Å². The first kappa shape index (κ1) is 20.5. The van der Waals surface area contributed by atoms with Gasteiger partial charge >= 0.3 is 0 Å². The molecule has 1 aromatic heterocycles. The van der Waals surface area contributed by atoms with Crippen LogP contribution in [0, 0.1) is 5.41 Å². The Bertz CT molecular complexity index is 1190. The number of rotatable bonds is 3. The molecule has 3 heterocycles. The van der Waals surface area contributed by atoms with Crippen LogP contribution in [0.2, 0.25) is 0 Å². The Balaban J connectivity index is 1.23. The maximum Gasteiger partial charge on any atom is 0.260 e. The molecule has 2 aromatic carbocycles. The molecule has 0 spiro atoms. The molecule has 0 radical (unpaired) electrons. The molecular formula is C25H29N5O2. The van der Waals surface area contributed by atoms with Gasteiger partial charge in [0.2, 0.25) is 5.95 Å². The van der Waals surface area contributed by atoms with Crippen LogP contribution in [0.15, 0.2) is 53.3 Å². The van der Waals surface area contributed by atoms with Crippen LogP contribution >= 0.6 is 0 Å². The zero-order valence-electron chi connectivity index (χ0n) is 18.7. The highest BCUT2D eigenvalue weighted by Crippen LogP contribution is 2.32. The van der Waals surface area contributed by atoms with Crippen molar-refractivity contribution in [1.29, 1.82) is 0 Å². The number of para-hydroxylation sites is 1. The fraction of sp³-hybridized carbons (Fsp3) is 0.400. The molecule has 1 N–H and O–H groups in total. The Morgan fingerprint density at radius 2 is 1.66 bits per heavy atom. The van der Waals surface area contributed by atoms with Crippen molar-refractivity contribution in [2.75, 3.05) is 49.1 Å². The van der Waals surface area contributed by atoms with Crippen molar-refractivity contribution >= 4 is 28.4 Å². The SMILES string of the molecule is CC1(C)CCN(c2ccc(C(=O)N3CCN(c4nc5ccccc5c(=O)[nH]4)CC3)cc2)C1. The normalized spacial score (nSPS) is 18.4. The molecule has 0 atom stereocenters. The molecule has 2 saturated heterocycles. The van der Waals surface area contributed by atoms with Gasteiger partial charge in [-0.2, -0.15) is 0 Å². The van der Waals surface area contributed by atoms with Gasteiger partial charge in [0, 0.05) is 50.5 Å². The molecule has 0 saturated carbocycles. The number of hydrogen-bond donors (Lipinski definition) is 1. The molecule has 3 aromatic rings. The standard InChI is InChI=1S/C25H29N5O2/c1-25(2)11-12-30(17-25)19-9-7-18(8-10-19)23(32)28-13-15-29(16-14-28)24-26-21-6-4-3-5-20(21)22(31)27-24/h3-10H,11-17H2,1-2H3,(H,26,27,31). The molecule has 7 nitrogen and oxygen atoms in total. The van der Waals surface area contributed by atoms with Crippen molar-refractivity contribution in [3.05, 3.63) is 64.4 Å². The van der Waals surface area contributed by atoms with E-state index in [2.05, 4.69) is 40.8 Å². The number of hydrogen-bond acceptors (Lipinski definition) is 5. The molecule has 166 valence electrons. The predicted molar refractivity (Wildman–Crippen MR) is 128 cm³/mol. The maximum absolute atomic E-state index is 13.0. The topological polar surface area (TPSA) is 72.5 Å². The van der Waals surface area contributed by atoms with Gasteiger partial charge in [-0.05, 0) is 48.2 Å². The fourth-order valence-corrected chi connectivity index (χ4v) is 4.68. The summed E-state index contributed by atoms with van der Waals surface area (Å²) in [7, 11) is 0. The molecule has 5 rings (SSSR count). The zero-order valence-corrected chi connectivity index (χ0v) is 18.7. The summed E-state index contributed by atoms with van der Waals surface area (Å²) in [4.78, 5) is 39.2. The molecule has 2 aliphatic rings. The van der Waals surface area contributed by atoms with Gasteiger partial charge in [-0.3, -0.25) is 14.6 Å². The second-order valence-corrected chi connectivity index (χ2v) is 9.57. The Hall–Kier alpha value is -3.35. The lowest BCUT2D eigenvalue weighted by Crippen LogP contribution is -2.49. The number of amides is 1. The molecule has 1 amide bonds. The Morgan fingerprint density at radius 3 is 2.34 bits per heavy atom. The number of carbonyl (C=O) groups is 1. The van der Waals surface area contributed by atoms with Gasteiger partial charge in [0.15, 0.2) is 0 Å². The van der Waals surface area contributed by atoms with Crippen molar-refractivity contribution in [3.8, 4) is 0 Å². The largest absolute Gasteiger partial charge is 0.371 e. The maximum atomic E-state index is 13.0. The van der Waals surface area contributed by atoms with Gasteiger partial charge in [-0.1, -0.05) is 26.0 Å². The van der Waals surface area contributed by atoms with Crippen LogP contribution in [0.25, 0.3) is 10.9 Å². The molecule has 0 aliphatic carbocycles. The van der Waals surface area contributed by atoms with Crippen LogP contribution in [0.1, 0.15) is 30.6 Å². The summed E-state index contributed by atoms with van der Waals surface area (Å²) in [6.45, 7) is 9.17. The highest BCUT2D eigenvalue weighted by atomic mass is 16.2. The minimum atomic E-state index is -0.134. The minimum absolute atomic E-state index is 0.0536. The highest BCUT2D eigenvalue weighted by molar-refractivity contribution is 5.94. The molecule has 2 fully saturated rings. The third-order valence-corrected chi connectivity index (χ3v) is 6.62. The van der Waals surface area contributed by atoms with Crippen molar-refractivity contribution < 1.29 is 4.79 Å². The lowest BCUT2D eigenvalue weighted by molar-refractivity contribution is 0.0746. The average Bonchev–Trinajstić information content (AvgIpc) is 3.18. The number of aromatic nitrogens is 2. The number of carbonyl (C=O) groups excluding carboxylic acids is 1. The van der Waals surface area contributed by atoms with Crippen molar-refractivity contribution in [1.82, 2.24) is 14.9 Å². The summed E-state index contributed by atoms with van der Waals surface area (Å²) >= 11 is 0. The summed E-state index contributed by atoms with van der Waals surface area (Å²) in [5, 5.41) is 0.589. The predicted octanol–water partition coefficient (Wildman–Crippen LogP) is 3.12. The van der Waals surface area contributed by atoms with E-state index >= 15 is 0 Å².